The molecule has 1 saturated heterocycles. The molecule has 1 aliphatic heterocycles. The van der Waals surface area contributed by atoms with E-state index in [1.165, 1.54) is 0 Å². The molecule has 0 spiro atoms. The summed E-state index contributed by atoms with van der Waals surface area (Å²) in [6.07, 6.45) is 0. The van der Waals surface area contributed by atoms with Gasteiger partial charge in [-0.05, 0) is 24.6 Å². The number of carbonyl (C=O) groups excluding carboxylic acids is 1. The van der Waals surface area contributed by atoms with Crippen LogP contribution < -0.4 is 11.1 Å². The van der Waals surface area contributed by atoms with Gasteiger partial charge in [0.1, 0.15) is 0 Å². The van der Waals surface area contributed by atoms with Gasteiger partial charge in [-0.2, -0.15) is 0 Å². The Balaban J connectivity index is 1.87. The number of hydrogen-bond donors (Lipinski definition) is 2. The van der Waals surface area contributed by atoms with Gasteiger partial charge in [0.05, 0.1) is 4.99 Å². The highest BCUT2D eigenvalue weighted by Crippen LogP contribution is 2.20. The highest BCUT2D eigenvalue weighted by molar-refractivity contribution is 7.80. The summed E-state index contributed by atoms with van der Waals surface area (Å²) >= 11 is 11.0. The van der Waals surface area contributed by atoms with Crippen molar-refractivity contribution in [1.29, 1.82) is 0 Å². The monoisotopic (exact) mass is 326 g/mol. The van der Waals surface area contributed by atoms with Crippen molar-refractivity contribution in [3.63, 3.8) is 0 Å². The van der Waals surface area contributed by atoms with E-state index >= 15 is 0 Å². The number of piperazine rings is 1. The van der Waals surface area contributed by atoms with Gasteiger partial charge >= 0.3 is 6.03 Å². The summed E-state index contributed by atoms with van der Waals surface area (Å²) < 4.78 is 0. The van der Waals surface area contributed by atoms with E-state index in [1.807, 2.05) is 19.1 Å². The highest BCUT2D eigenvalue weighted by atomic mass is 35.5. The van der Waals surface area contributed by atoms with E-state index in [2.05, 4.69) is 10.2 Å². The number of nitrogens with zero attached hydrogens (tertiary/aromatic N) is 2. The number of carbonyl (C=O) groups is 1. The van der Waals surface area contributed by atoms with Gasteiger partial charge in [0, 0.05) is 43.4 Å². The highest BCUT2D eigenvalue weighted by Gasteiger charge is 2.21. The molecule has 0 radical (unpaired) electrons. The van der Waals surface area contributed by atoms with Crippen LogP contribution in [0.3, 0.4) is 0 Å². The average molecular weight is 327 g/mol. The number of anilines is 1. The number of aryl methyl sites for hydroxylation is 1. The maximum Gasteiger partial charge on any atom is 0.321 e. The van der Waals surface area contributed by atoms with Crippen LogP contribution in [0.2, 0.25) is 5.02 Å². The molecule has 1 heterocycles. The van der Waals surface area contributed by atoms with E-state index in [9.17, 15) is 4.79 Å². The Morgan fingerprint density at radius 3 is 2.62 bits per heavy atom. The minimum atomic E-state index is -0.107. The fourth-order valence-electron chi connectivity index (χ4n) is 2.20. The number of nitrogens with one attached hydrogen (secondary N) is 1. The second kappa shape index (κ2) is 7.06. The van der Waals surface area contributed by atoms with Gasteiger partial charge in [-0.25, -0.2) is 4.79 Å². The number of rotatable bonds is 3. The fourth-order valence-corrected chi connectivity index (χ4v) is 2.57. The molecule has 0 bridgehead atoms. The zero-order valence-electron chi connectivity index (χ0n) is 11.9. The molecule has 0 aliphatic carbocycles. The van der Waals surface area contributed by atoms with Crippen LogP contribution in [-0.4, -0.2) is 53.5 Å². The number of benzene rings is 1. The average Bonchev–Trinajstić information content (AvgIpc) is 2.43. The Kier molecular flexibility index (Phi) is 5.39. The topological polar surface area (TPSA) is 61.6 Å². The van der Waals surface area contributed by atoms with Crippen LogP contribution in [0.4, 0.5) is 10.5 Å². The molecule has 7 heteroatoms. The van der Waals surface area contributed by atoms with Crippen molar-refractivity contribution in [1.82, 2.24) is 9.80 Å². The van der Waals surface area contributed by atoms with Gasteiger partial charge in [0.15, 0.2) is 0 Å². The Morgan fingerprint density at radius 2 is 2.05 bits per heavy atom. The van der Waals surface area contributed by atoms with Crippen LogP contribution in [0.15, 0.2) is 18.2 Å². The predicted molar refractivity (Wildman–Crippen MR) is 90.0 cm³/mol. The molecular formula is C14H19ClN4OS. The lowest BCUT2D eigenvalue weighted by Gasteiger charge is -2.34. The van der Waals surface area contributed by atoms with E-state index in [-0.39, 0.29) is 6.03 Å². The molecule has 0 saturated carbocycles. The summed E-state index contributed by atoms with van der Waals surface area (Å²) in [5.74, 6) is 0. The van der Waals surface area contributed by atoms with Crippen molar-refractivity contribution in [2.75, 3.05) is 38.0 Å². The van der Waals surface area contributed by atoms with E-state index < -0.39 is 0 Å². The fraction of sp³-hybridized carbons (Fsp3) is 0.429. The number of hydrogen-bond acceptors (Lipinski definition) is 3. The van der Waals surface area contributed by atoms with Crippen LogP contribution in [0, 0.1) is 6.92 Å². The molecule has 0 aromatic heterocycles. The standard InChI is InChI=1S/C14H19ClN4OS/c1-10-2-3-11(8-12(10)15)17-14(20)19-6-4-18(5-7-19)9-13(16)21/h2-3,8H,4-7,9H2,1H3,(H2,16,21)(H,17,20). The summed E-state index contributed by atoms with van der Waals surface area (Å²) in [7, 11) is 0. The summed E-state index contributed by atoms with van der Waals surface area (Å²) in [6.45, 7) is 5.41. The smallest absolute Gasteiger partial charge is 0.321 e. The van der Waals surface area contributed by atoms with Gasteiger partial charge in [0.2, 0.25) is 0 Å². The van der Waals surface area contributed by atoms with E-state index in [0.717, 1.165) is 18.7 Å². The molecule has 5 nitrogen and oxygen atoms in total. The first kappa shape index (κ1) is 16.0. The largest absolute Gasteiger partial charge is 0.392 e. The van der Waals surface area contributed by atoms with Crippen molar-refractivity contribution in [2.24, 2.45) is 5.73 Å². The zero-order valence-corrected chi connectivity index (χ0v) is 13.5. The Bertz CT molecular complexity index is 544. The predicted octanol–water partition coefficient (Wildman–Crippen LogP) is 2.08. The van der Waals surface area contributed by atoms with Gasteiger partial charge in [0.25, 0.3) is 0 Å². The summed E-state index contributed by atoms with van der Waals surface area (Å²) in [4.78, 5) is 16.6. The molecule has 0 unspecified atom stereocenters. The van der Waals surface area contributed by atoms with E-state index in [0.29, 0.717) is 35.3 Å². The third kappa shape index (κ3) is 4.56. The number of urea groups is 1. The summed E-state index contributed by atoms with van der Waals surface area (Å²) in [5, 5.41) is 3.52. The maximum atomic E-state index is 12.2. The van der Waals surface area contributed by atoms with Gasteiger partial charge in [-0.15, -0.1) is 0 Å². The van der Waals surface area contributed by atoms with Crippen molar-refractivity contribution < 1.29 is 4.79 Å². The molecule has 2 amide bonds. The molecule has 0 atom stereocenters. The molecule has 1 aromatic carbocycles. The second-order valence-corrected chi connectivity index (χ2v) is 6.06. The molecule has 1 fully saturated rings. The van der Waals surface area contributed by atoms with Crippen molar-refractivity contribution in [3.05, 3.63) is 28.8 Å². The molecule has 3 N–H and O–H groups in total. The molecule has 21 heavy (non-hydrogen) atoms. The zero-order chi connectivity index (χ0) is 15.4. The Morgan fingerprint density at radius 1 is 1.38 bits per heavy atom. The Labute approximate surface area is 135 Å². The first-order valence-electron chi connectivity index (χ1n) is 6.78. The summed E-state index contributed by atoms with van der Waals surface area (Å²) in [6, 6.07) is 5.39. The lowest BCUT2D eigenvalue weighted by Crippen LogP contribution is -2.51. The molecular weight excluding hydrogens is 308 g/mol. The minimum absolute atomic E-state index is 0.107. The van der Waals surface area contributed by atoms with Crippen LogP contribution in [-0.2, 0) is 0 Å². The minimum Gasteiger partial charge on any atom is -0.392 e. The van der Waals surface area contributed by atoms with Crippen LogP contribution >= 0.6 is 23.8 Å². The number of amides is 2. The number of halogens is 1. The van der Waals surface area contributed by atoms with Crippen LogP contribution in [0.25, 0.3) is 0 Å². The van der Waals surface area contributed by atoms with Crippen LogP contribution in [0.1, 0.15) is 5.56 Å². The number of nitrogens with two attached hydrogens (primary N) is 1. The quantitative estimate of drug-likeness (QED) is 0.835. The lowest BCUT2D eigenvalue weighted by molar-refractivity contribution is 0.158. The maximum absolute atomic E-state index is 12.2. The molecule has 2 rings (SSSR count). The van der Waals surface area contributed by atoms with Crippen molar-refractivity contribution in [3.8, 4) is 0 Å². The summed E-state index contributed by atoms with van der Waals surface area (Å²) in [5.41, 5.74) is 7.23. The molecule has 1 aliphatic rings. The van der Waals surface area contributed by atoms with Crippen LogP contribution in [0.5, 0.6) is 0 Å². The third-order valence-corrected chi connectivity index (χ3v) is 4.00. The van der Waals surface area contributed by atoms with Gasteiger partial charge < -0.3 is 16.0 Å². The van der Waals surface area contributed by atoms with Gasteiger partial charge in [-0.1, -0.05) is 29.9 Å². The lowest BCUT2D eigenvalue weighted by atomic mass is 10.2. The first-order valence-corrected chi connectivity index (χ1v) is 7.57. The second-order valence-electron chi connectivity index (χ2n) is 5.12. The van der Waals surface area contributed by atoms with Crippen molar-refractivity contribution >= 4 is 40.5 Å². The van der Waals surface area contributed by atoms with E-state index in [1.54, 1.807) is 11.0 Å². The number of thiocarbonyl (C=S) groups is 1. The third-order valence-electron chi connectivity index (χ3n) is 3.46. The first-order chi connectivity index (χ1) is 9.95. The Hall–Kier alpha value is -1.37. The van der Waals surface area contributed by atoms with Gasteiger partial charge in [-0.3, -0.25) is 4.90 Å². The molecule has 1 aromatic rings. The molecule has 114 valence electrons. The van der Waals surface area contributed by atoms with E-state index in [4.69, 9.17) is 29.6 Å². The normalized spacial score (nSPS) is 15.8. The SMILES string of the molecule is Cc1ccc(NC(=O)N2CCN(CC(N)=S)CC2)cc1Cl. The van der Waals surface area contributed by atoms with Crippen molar-refractivity contribution in [2.45, 2.75) is 6.92 Å².